The molecular weight excluding hydrogens is 345 g/mol. The number of para-hydroxylation sites is 1. The van der Waals surface area contributed by atoms with Gasteiger partial charge in [0.2, 0.25) is 5.60 Å². The topological polar surface area (TPSA) is 63.4 Å². The normalized spacial score (nSPS) is 15.2. The molecule has 1 N–H and O–H groups in total. The summed E-state index contributed by atoms with van der Waals surface area (Å²) in [6.07, 6.45) is -6.12. The second kappa shape index (κ2) is 5.53. The third-order valence-corrected chi connectivity index (χ3v) is 4.16. The Kier molecular flexibility index (Phi) is 4.16. The van der Waals surface area contributed by atoms with Crippen LogP contribution in [-0.2, 0) is 5.60 Å². The highest BCUT2D eigenvalue weighted by Crippen LogP contribution is 2.54. The molecule has 10 heteroatoms. The number of thiophene rings is 1. The molecule has 1 unspecified atom stereocenters. The van der Waals surface area contributed by atoms with Crippen LogP contribution in [0, 0.1) is 10.1 Å². The van der Waals surface area contributed by atoms with Gasteiger partial charge in [-0.05, 0) is 17.5 Å². The number of nitro groups is 1. The fourth-order valence-electron chi connectivity index (χ4n) is 2.08. The third kappa shape index (κ3) is 2.57. The first-order valence-corrected chi connectivity index (χ1v) is 6.86. The minimum atomic E-state index is -6.12. The molecule has 1 heterocycles. The fourth-order valence-corrected chi connectivity index (χ4v) is 2.95. The van der Waals surface area contributed by atoms with Gasteiger partial charge in [-0.2, -0.15) is 22.0 Å². The zero-order valence-electron chi connectivity index (χ0n) is 11.1. The second-order valence-corrected chi connectivity index (χ2v) is 5.48. The predicted octanol–water partition coefficient (Wildman–Crippen LogP) is 4.09. The van der Waals surface area contributed by atoms with Crippen molar-refractivity contribution in [1.82, 2.24) is 0 Å². The van der Waals surface area contributed by atoms with Crippen LogP contribution in [0.5, 0.6) is 0 Å². The van der Waals surface area contributed by atoms with Crippen LogP contribution in [0.1, 0.15) is 10.4 Å². The Hall–Kier alpha value is -2.07. The molecule has 0 radical (unpaired) electrons. The van der Waals surface area contributed by atoms with Crippen molar-refractivity contribution in [2.75, 3.05) is 0 Å². The van der Waals surface area contributed by atoms with Crippen molar-refractivity contribution in [2.45, 2.75) is 17.7 Å². The van der Waals surface area contributed by atoms with E-state index in [0.717, 1.165) is 30.3 Å². The summed E-state index contributed by atoms with van der Waals surface area (Å²) < 4.78 is 66.8. The maximum Gasteiger partial charge on any atom is 0.457 e. The molecule has 0 amide bonds. The van der Waals surface area contributed by atoms with Gasteiger partial charge >= 0.3 is 12.1 Å². The maximum absolute atomic E-state index is 14.1. The van der Waals surface area contributed by atoms with Crippen LogP contribution in [0.3, 0.4) is 0 Å². The zero-order valence-corrected chi connectivity index (χ0v) is 11.9. The van der Waals surface area contributed by atoms with Gasteiger partial charge in [0, 0.05) is 10.9 Å². The van der Waals surface area contributed by atoms with E-state index in [1.54, 1.807) is 0 Å². The largest absolute Gasteiger partial charge is 0.457 e. The molecule has 0 aliphatic heterocycles. The molecule has 2 aromatic rings. The van der Waals surface area contributed by atoms with Crippen LogP contribution in [0.4, 0.5) is 27.6 Å². The van der Waals surface area contributed by atoms with Crippen molar-refractivity contribution in [3.8, 4) is 0 Å². The Morgan fingerprint density at radius 2 is 1.65 bits per heavy atom. The van der Waals surface area contributed by atoms with E-state index in [-0.39, 0.29) is 0 Å². The molecule has 0 saturated heterocycles. The van der Waals surface area contributed by atoms with E-state index < -0.39 is 38.8 Å². The first kappa shape index (κ1) is 17.3. The van der Waals surface area contributed by atoms with E-state index in [2.05, 4.69) is 0 Å². The summed E-state index contributed by atoms with van der Waals surface area (Å²) in [5, 5.41) is 22.5. The van der Waals surface area contributed by atoms with Crippen LogP contribution in [0.2, 0.25) is 0 Å². The molecule has 1 atom stereocenters. The maximum atomic E-state index is 14.1. The smallest absolute Gasteiger partial charge is 0.373 e. The number of alkyl halides is 5. The zero-order chi connectivity index (χ0) is 17.5. The molecule has 124 valence electrons. The van der Waals surface area contributed by atoms with Gasteiger partial charge in [-0.15, -0.1) is 11.3 Å². The summed E-state index contributed by atoms with van der Waals surface area (Å²) >= 11 is 0.436. The van der Waals surface area contributed by atoms with Crippen molar-refractivity contribution in [1.29, 1.82) is 0 Å². The van der Waals surface area contributed by atoms with Crippen molar-refractivity contribution in [3.05, 3.63) is 62.3 Å². The Morgan fingerprint density at radius 3 is 2.13 bits per heavy atom. The molecule has 1 aromatic carbocycles. The van der Waals surface area contributed by atoms with Crippen LogP contribution in [0.15, 0.2) is 41.8 Å². The quantitative estimate of drug-likeness (QED) is 0.512. The number of nitro benzene ring substituents is 1. The summed E-state index contributed by atoms with van der Waals surface area (Å²) in [5.41, 5.74) is -6.08. The van der Waals surface area contributed by atoms with Crippen LogP contribution >= 0.6 is 11.3 Å². The molecule has 2 rings (SSSR count). The van der Waals surface area contributed by atoms with E-state index in [1.807, 2.05) is 0 Å². The Morgan fingerprint density at radius 1 is 1.04 bits per heavy atom. The Labute approximate surface area is 129 Å². The second-order valence-electron chi connectivity index (χ2n) is 4.53. The Bertz CT molecular complexity index is 717. The number of aliphatic hydroxyl groups is 1. The number of hydrogen-bond donors (Lipinski definition) is 1. The van der Waals surface area contributed by atoms with Gasteiger partial charge in [0.1, 0.15) is 0 Å². The van der Waals surface area contributed by atoms with E-state index in [4.69, 9.17) is 0 Å². The van der Waals surface area contributed by atoms with Crippen LogP contribution in [-0.4, -0.2) is 22.1 Å². The third-order valence-electron chi connectivity index (χ3n) is 3.18. The van der Waals surface area contributed by atoms with Crippen molar-refractivity contribution in [2.24, 2.45) is 0 Å². The lowest BCUT2D eigenvalue weighted by molar-refractivity contribution is -0.389. The average molecular weight is 353 g/mol. The number of benzene rings is 1. The first-order chi connectivity index (χ1) is 10.5. The highest BCUT2D eigenvalue weighted by atomic mass is 32.1. The van der Waals surface area contributed by atoms with Crippen LogP contribution in [0.25, 0.3) is 0 Å². The summed E-state index contributed by atoms with van der Waals surface area (Å²) in [6.45, 7) is 0. The molecule has 0 saturated carbocycles. The monoisotopic (exact) mass is 353 g/mol. The molecule has 0 fully saturated rings. The van der Waals surface area contributed by atoms with E-state index >= 15 is 0 Å². The number of halogens is 5. The first-order valence-electron chi connectivity index (χ1n) is 5.98. The van der Waals surface area contributed by atoms with Gasteiger partial charge in [-0.25, -0.2) is 0 Å². The number of hydrogen-bond acceptors (Lipinski definition) is 4. The SMILES string of the molecule is O=[N+]([O-])c1ccccc1C(O)(c1cccs1)C(F)(F)C(F)(F)F. The van der Waals surface area contributed by atoms with Gasteiger partial charge in [0.05, 0.1) is 10.5 Å². The number of nitrogens with zero attached hydrogens (tertiary/aromatic N) is 1. The Balaban J connectivity index is 2.84. The molecule has 0 aliphatic carbocycles. The van der Waals surface area contributed by atoms with Crippen LogP contribution < -0.4 is 0 Å². The minimum absolute atomic E-state index is 0.436. The number of rotatable bonds is 4. The molecule has 1 aromatic heterocycles. The lowest BCUT2D eigenvalue weighted by Gasteiger charge is -2.36. The van der Waals surface area contributed by atoms with Gasteiger partial charge in [-0.3, -0.25) is 10.1 Å². The molecular formula is C13H8F5NO3S. The van der Waals surface area contributed by atoms with Gasteiger partial charge in [0.15, 0.2) is 0 Å². The van der Waals surface area contributed by atoms with Gasteiger partial charge in [0.25, 0.3) is 5.69 Å². The highest BCUT2D eigenvalue weighted by Gasteiger charge is 2.72. The van der Waals surface area contributed by atoms with Crippen molar-refractivity contribution in [3.63, 3.8) is 0 Å². The van der Waals surface area contributed by atoms with E-state index in [0.29, 0.717) is 17.4 Å². The minimum Gasteiger partial charge on any atom is -0.373 e. The summed E-state index contributed by atoms with van der Waals surface area (Å²) in [4.78, 5) is 9.11. The summed E-state index contributed by atoms with van der Waals surface area (Å²) in [5.74, 6) is -5.64. The molecule has 4 nitrogen and oxygen atoms in total. The average Bonchev–Trinajstić information content (AvgIpc) is 2.99. The van der Waals surface area contributed by atoms with E-state index in [9.17, 15) is 37.2 Å². The highest BCUT2D eigenvalue weighted by molar-refractivity contribution is 7.10. The lowest BCUT2D eigenvalue weighted by atomic mass is 9.84. The van der Waals surface area contributed by atoms with Crippen molar-refractivity contribution >= 4 is 17.0 Å². The molecule has 0 bridgehead atoms. The van der Waals surface area contributed by atoms with E-state index in [1.165, 1.54) is 5.38 Å². The standard InChI is InChI=1S/C13H8F5NO3S/c14-12(15,13(16,17)18)11(20,10-6-3-7-23-10)8-4-1-2-5-9(8)19(21)22/h1-7,20H. The summed E-state index contributed by atoms with van der Waals surface area (Å²) in [6, 6.07) is 5.58. The molecule has 23 heavy (non-hydrogen) atoms. The molecule has 0 aliphatic rings. The fraction of sp³-hybridized carbons (Fsp3) is 0.231. The lowest BCUT2D eigenvalue weighted by Crippen LogP contribution is -2.55. The molecule has 0 spiro atoms. The van der Waals surface area contributed by atoms with Gasteiger partial charge in [-0.1, -0.05) is 18.2 Å². The summed E-state index contributed by atoms with van der Waals surface area (Å²) in [7, 11) is 0. The van der Waals surface area contributed by atoms with Crippen molar-refractivity contribution < 1.29 is 32.0 Å². The predicted molar refractivity (Wildman–Crippen MR) is 71.4 cm³/mol. The van der Waals surface area contributed by atoms with Gasteiger partial charge < -0.3 is 5.11 Å².